The molecule has 124 valence electrons. The van der Waals surface area contributed by atoms with Gasteiger partial charge in [-0.1, -0.05) is 0 Å². The number of thioether (sulfide) groups is 1. The zero-order valence-electron chi connectivity index (χ0n) is 12.7. The van der Waals surface area contributed by atoms with Gasteiger partial charge in [-0.15, -0.1) is 23.1 Å². The number of fused-ring (bicyclic) bond motifs is 1. The van der Waals surface area contributed by atoms with Crippen molar-refractivity contribution in [3.8, 4) is 6.07 Å². The molecule has 7 heteroatoms. The minimum Gasteiger partial charge on any atom is -0.316 e. The highest BCUT2D eigenvalue weighted by molar-refractivity contribution is 8.00. The molecule has 2 aromatic rings. The predicted molar refractivity (Wildman–Crippen MR) is 91.4 cm³/mol. The number of nitriles is 1. The molecule has 1 amide bonds. The highest BCUT2D eigenvalue weighted by Gasteiger charge is 2.21. The van der Waals surface area contributed by atoms with Crippen LogP contribution >= 0.6 is 23.1 Å². The average Bonchev–Trinajstić information content (AvgIpc) is 2.92. The Morgan fingerprint density at radius 1 is 1.29 bits per heavy atom. The number of rotatable bonds is 4. The molecule has 1 aliphatic carbocycles. The molecule has 0 unspecified atom stereocenters. The number of hydrogen-bond acceptors (Lipinski definition) is 4. The van der Waals surface area contributed by atoms with Gasteiger partial charge in [0.1, 0.15) is 11.1 Å². The van der Waals surface area contributed by atoms with Gasteiger partial charge in [-0.3, -0.25) is 4.79 Å². The zero-order valence-corrected chi connectivity index (χ0v) is 14.3. The largest absolute Gasteiger partial charge is 0.316 e. The van der Waals surface area contributed by atoms with Crippen LogP contribution in [0.1, 0.15) is 28.8 Å². The molecule has 3 rings (SSSR count). The summed E-state index contributed by atoms with van der Waals surface area (Å²) in [5.74, 6) is -2.04. The van der Waals surface area contributed by atoms with Gasteiger partial charge in [0.05, 0.1) is 11.3 Å². The van der Waals surface area contributed by atoms with Crippen LogP contribution in [0.15, 0.2) is 23.1 Å². The van der Waals surface area contributed by atoms with Crippen molar-refractivity contribution in [1.82, 2.24) is 0 Å². The molecule has 0 aliphatic heterocycles. The van der Waals surface area contributed by atoms with Gasteiger partial charge in [0, 0.05) is 9.77 Å². The molecular formula is C17H14F2N2OS2. The van der Waals surface area contributed by atoms with Crippen molar-refractivity contribution in [2.24, 2.45) is 0 Å². The van der Waals surface area contributed by atoms with Gasteiger partial charge in [-0.25, -0.2) is 8.78 Å². The molecular weight excluding hydrogens is 350 g/mol. The Bertz CT molecular complexity index is 827. The minimum absolute atomic E-state index is 0.0680. The molecule has 0 fully saturated rings. The summed E-state index contributed by atoms with van der Waals surface area (Å²) in [5, 5.41) is 12.7. The van der Waals surface area contributed by atoms with Gasteiger partial charge >= 0.3 is 0 Å². The third kappa shape index (κ3) is 3.60. The van der Waals surface area contributed by atoms with Crippen molar-refractivity contribution in [3.05, 3.63) is 45.8 Å². The van der Waals surface area contributed by atoms with Crippen molar-refractivity contribution < 1.29 is 13.6 Å². The quantitative estimate of drug-likeness (QED) is 0.812. The lowest BCUT2D eigenvalue weighted by Gasteiger charge is -2.09. The first-order chi connectivity index (χ1) is 11.6. The Kier molecular flexibility index (Phi) is 5.17. The standard InChI is InChI=1S/C17H14F2N2OS2/c18-13-6-5-10(7-14(13)19)23-9-16(22)21-17-12(8-20)11-3-1-2-4-15(11)24-17/h5-7H,1-4,9H2,(H,21,22). The van der Waals surface area contributed by atoms with E-state index in [1.807, 2.05) is 0 Å². The van der Waals surface area contributed by atoms with Crippen molar-refractivity contribution in [2.75, 3.05) is 11.1 Å². The fourth-order valence-corrected chi connectivity index (χ4v) is 4.63. The fraction of sp³-hybridized carbons (Fsp3) is 0.294. The Morgan fingerprint density at radius 2 is 2.08 bits per heavy atom. The van der Waals surface area contributed by atoms with Crippen LogP contribution in [0, 0.1) is 23.0 Å². The summed E-state index contributed by atoms with van der Waals surface area (Å²) < 4.78 is 26.0. The maximum absolute atomic E-state index is 13.2. The molecule has 0 atom stereocenters. The Hall–Kier alpha value is -1.91. The molecule has 0 bridgehead atoms. The number of carbonyl (C=O) groups excluding carboxylic acids is 1. The molecule has 0 spiro atoms. The SMILES string of the molecule is N#Cc1c(NC(=O)CSc2ccc(F)c(F)c2)sc2c1CCCC2. The van der Waals surface area contributed by atoms with E-state index in [-0.39, 0.29) is 11.7 Å². The number of benzene rings is 1. The van der Waals surface area contributed by atoms with Crippen LogP contribution in [-0.2, 0) is 17.6 Å². The van der Waals surface area contributed by atoms with E-state index in [1.54, 1.807) is 0 Å². The molecule has 1 aliphatic rings. The topological polar surface area (TPSA) is 52.9 Å². The van der Waals surface area contributed by atoms with Gasteiger partial charge < -0.3 is 5.32 Å². The van der Waals surface area contributed by atoms with Crippen molar-refractivity contribution in [3.63, 3.8) is 0 Å². The van der Waals surface area contributed by atoms with E-state index in [0.717, 1.165) is 55.1 Å². The van der Waals surface area contributed by atoms with E-state index in [1.165, 1.54) is 22.3 Å². The lowest BCUT2D eigenvalue weighted by atomic mass is 9.96. The summed E-state index contributed by atoms with van der Waals surface area (Å²) in [6.07, 6.45) is 4.01. The molecule has 1 heterocycles. The minimum atomic E-state index is -0.932. The molecule has 0 saturated carbocycles. The van der Waals surface area contributed by atoms with Gasteiger partial charge in [-0.2, -0.15) is 5.26 Å². The number of anilines is 1. The highest BCUT2D eigenvalue weighted by atomic mass is 32.2. The van der Waals surface area contributed by atoms with Crippen molar-refractivity contribution in [1.29, 1.82) is 5.26 Å². The third-order valence-electron chi connectivity index (χ3n) is 3.80. The molecule has 3 nitrogen and oxygen atoms in total. The fourth-order valence-electron chi connectivity index (χ4n) is 2.65. The molecule has 0 saturated heterocycles. The summed E-state index contributed by atoms with van der Waals surface area (Å²) >= 11 is 2.59. The van der Waals surface area contributed by atoms with Gasteiger partial charge in [-0.05, 0) is 49.4 Å². The summed E-state index contributed by atoms with van der Waals surface area (Å²) in [6, 6.07) is 5.73. The smallest absolute Gasteiger partial charge is 0.235 e. The van der Waals surface area contributed by atoms with E-state index < -0.39 is 11.6 Å². The first kappa shape index (κ1) is 16.9. The van der Waals surface area contributed by atoms with Crippen LogP contribution in [0.4, 0.5) is 13.8 Å². The van der Waals surface area contributed by atoms with Crippen LogP contribution in [0.3, 0.4) is 0 Å². The van der Waals surface area contributed by atoms with E-state index in [0.29, 0.717) is 15.5 Å². The Labute approximate surface area is 146 Å². The van der Waals surface area contributed by atoms with Crippen molar-refractivity contribution in [2.45, 2.75) is 30.6 Å². The Balaban J connectivity index is 1.66. The van der Waals surface area contributed by atoms with E-state index in [2.05, 4.69) is 11.4 Å². The molecule has 1 N–H and O–H groups in total. The number of aryl methyl sites for hydroxylation is 1. The number of thiophene rings is 1. The summed E-state index contributed by atoms with van der Waals surface area (Å²) in [6.45, 7) is 0. The summed E-state index contributed by atoms with van der Waals surface area (Å²) in [5.41, 5.74) is 1.64. The second-order valence-electron chi connectivity index (χ2n) is 5.44. The number of carbonyl (C=O) groups is 1. The number of nitrogens with one attached hydrogen (secondary N) is 1. The van der Waals surface area contributed by atoms with Crippen LogP contribution in [-0.4, -0.2) is 11.7 Å². The highest BCUT2D eigenvalue weighted by Crippen LogP contribution is 2.37. The average molecular weight is 364 g/mol. The molecule has 1 aromatic carbocycles. The lowest BCUT2D eigenvalue weighted by Crippen LogP contribution is -2.14. The molecule has 24 heavy (non-hydrogen) atoms. The van der Waals surface area contributed by atoms with Gasteiger partial charge in [0.25, 0.3) is 0 Å². The maximum atomic E-state index is 13.2. The number of hydrogen-bond donors (Lipinski definition) is 1. The van der Waals surface area contributed by atoms with Crippen LogP contribution < -0.4 is 5.32 Å². The van der Waals surface area contributed by atoms with Crippen LogP contribution in [0.5, 0.6) is 0 Å². The Morgan fingerprint density at radius 3 is 2.83 bits per heavy atom. The number of nitrogens with zero attached hydrogens (tertiary/aromatic N) is 1. The molecule has 1 aromatic heterocycles. The van der Waals surface area contributed by atoms with Gasteiger partial charge in [0.2, 0.25) is 5.91 Å². The van der Waals surface area contributed by atoms with Crippen molar-refractivity contribution >= 4 is 34.0 Å². The van der Waals surface area contributed by atoms with E-state index in [4.69, 9.17) is 0 Å². The summed E-state index contributed by atoms with van der Waals surface area (Å²) in [4.78, 5) is 13.8. The predicted octanol–water partition coefficient (Wildman–Crippen LogP) is 4.51. The van der Waals surface area contributed by atoms with E-state index in [9.17, 15) is 18.8 Å². The van der Waals surface area contributed by atoms with Gasteiger partial charge in [0.15, 0.2) is 11.6 Å². The van der Waals surface area contributed by atoms with E-state index >= 15 is 0 Å². The first-order valence-corrected chi connectivity index (χ1v) is 9.31. The van der Waals surface area contributed by atoms with Crippen LogP contribution in [0.25, 0.3) is 0 Å². The zero-order chi connectivity index (χ0) is 17.1. The maximum Gasteiger partial charge on any atom is 0.235 e. The second kappa shape index (κ2) is 7.32. The monoisotopic (exact) mass is 364 g/mol. The first-order valence-electron chi connectivity index (χ1n) is 7.51. The number of amides is 1. The molecule has 0 radical (unpaired) electrons. The normalized spacial score (nSPS) is 13.2. The summed E-state index contributed by atoms with van der Waals surface area (Å²) in [7, 11) is 0. The second-order valence-corrected chi connectivity index (χ2v) is 7.59. The third-order valence-corrected chi connectivity index (χ3v) is 6.00. The lowest BCUT2D eigenvalue weighted by molar-refractivity contribution is -0.113. The number of halogens is 2. The van der Waals surface area contributed by atoms with Crippen LogP contribution in [0.2, 0.25) is 0 Å².